The molecule has 2 amide bonds. The van der Waals surface area contributed by atoms with Gasteiger partial charge < -0.3 is 25.9 Å². The smallest absolute Gasteiger partial charge is 0.410 e. The third-order valence-corrected chi connectivity index (χ3v) is 6.30. The van der Waals surface area contributed by atoms with Crippen LogP contribution in [-0.4, -0.2) is 86.5 Å². The van der Waals surface area contributed by atoms with Crippen LogP contribution in [0.15, 0.2) is 18.5 Å². The Labute approximate surface area is 210 Å². The number of nitrogen functional groups attached to an aromatic ring is 1. The molecule has 0 bridgehead atoms. The molecule has 12 nitrogen and oxygen atoms in total. The van der Waals surface area contributed by atoms with Crippen molar-refractivity contribution in [2.75, 3.05) is 39.0 Å². The molecule has 1 saturated heterocycles. The number of nitrogens with one attached hydrogen (secondary N) is 2. The molecule has 36 heavy (non-hydrogen) atoms. The fraction of sp³-hybridized carbons (Fsp3) is 0.583. The van der Waals surface area contributed by atoms with Gasteiger partial charge in [-0.2, -0.15) is 9.61 Å². The van der Waals surface area contributed by atoms with Crippen molar-refractivity contribution in [3.05, 3.63) is 29.7 Å². The number of hydrogen-bond donors (Lipinski definition) is 4. The van der Waals surface area contributed by atoms with Gasteiger partial charge in [-0.05, 0) is 45.6 Å². The van der Waals surface area contributed by atoms with Gasteiger partial charge in [0.15, 0.2) is 5.65 Å². The van der Waals surface area contributed by atoms with Crippen molar-refractivity contribution < 1.29 is 19.4 Å². The first-order valence-electron chi connectivity index (χ1n) is 12.3. The Kier molecular flexibility index (Phi) is 7.36. The quantitative estimate of drug-likeness (QED) is 0.427. The number of hydrazine groups is 1. The second-order valence-electron chi connectivity index (χ2n) is 10.3. The average molecular weight is 501 g/mol. The lowest BCUT2D eigenvalue weighted by Gasteiger charge is -2.39. The van der Waals surface area contributed by atoms with E-state index in [4.69, 9.17) is 20.6 Å². The highest BCUT2D eigenvalue weighted by Crippen LogP contribution is 2.33. The number of hydrogen-bond acceptors (Lipinski definition) is 9. The minimum atomic E-state index is -0.702. The third kappa shape index (κ3) is 5.54. The molecule has 0 radical (unpaired) electrons. The molecule has 2 aliphatic heterocycles. The first-order chi connectivity index (χ1) is 17.1. The Morgan fingerprint density at radius 2 is 2.11 bits per heavy atom. The van der Waals surface area contributed by atoms with Crippen LogP contribution in [0.25, 0.3) is 11.2 Å². The van der Waals surface area contributed by atoms with Gasteiger partial charge >= 0.3 is 6.09 Å². The second-order valence-corrected chi connectivity index (χ2v) is 10.3. The summed E-state index contributed by atoms with van der Waals surface area (Å²) in [5, 5.41) is 18.2. The molecule has 0 aromatic carbocycles. The molecule has 0 spiro atoms. The second kappa shape index (κ2) is 10.3. The maximum Gasteiger partial charge on any atom is 0.410 e. The van der Waals surface area contributed by atoms with Gasteiger partial charge in [0.1, 0.15) is 17.5 Å². The highest BCUT2D eigenvalue weighted by Gasteiger charge is 2.39. The normalized spacial score (nSPS) is 20.5. The molecule has 1 fully saturated rings. The van der Waals surface area contributed by atoms with Crippen molar-refractivity contribution >= 4 is 29.0 Å². The van der Waals surface area contributed by atoms with Crippen molar-refractivity contribution in [2.45, 2.75) is 57.6 Å². The standard InChI is InChI=1S/C24H36N8O4/c1-24(2,3)36-23(35)31-14-15(6-7-19(31)22(34)26-8-5-9-33)18-10-20(25)32-21(29-18)17(12-28-32)16-11-27-30(4)13-16/h10,12-13,15,19,27,33H,5-9,11,14,25H2,1-4H3,(H,26,34)/t15-,19-/m0/s1. The van der Waals surface area contributed by atoms with Crippen LogP contribution in [0, 0.1) is 0 Å². The predicted molar refractivity (Wildman–Crippen MR) is 135 cm³/mol. The van der Waals surface area contributed by atoms with Crippen LogP contribution in [0.5, 0.6) is 0 Å². The van der Waals surface area contributed by atoms with Gasteiger partial charge in [-0.3, -0.25) is 9.69 Å². The summed E-state index contributed by atoms with van der Waals surface area (Å²) < 4.78 is 7.25. The SMILES string of the molecule is CN1C=C(c2cnn3c(N)cc([C@H]4CC[C@@H](C(=O)NCCCO)N(C(=O)OC(C)(C)C)C4)nc23)CN1. The number of rotatable bonds is 6. The molecule has 0 unspecified atom stereocenters. The van der Waals surface area contributed by atoms with Gasteiger partial charge in [-0.25, -0.2) is 15.2 Å². The largest absolute Gasteiger partial charge is 0.444 e. The van der Waals surface area contributed by atoms with Gasteiger partial charge in [0.2, 0.25) is 5.91 Å². The molecule has 4 heterocycles. The molecule has 196 valence electrons. The number of nitrogens with two attached hydrogens (primary N) is 1. The summed E-state index contributed by atoms with van der Waals surface area (Å²) in [5.41, 5.74) is 12.2. The molecule has 2 aliphatic rings. The van der Waals surface area contributed by atoms with Crippen LogP contribution < -0.4 is 16.5 Å². The number of piperidine rings is 1. The molecular weight excluding hydrogens is 464 g/mol. The van der Waals surface area contributed by atoms with Crippen LogP contribution in [-0.2, 0) is 9.53 Å². The Morgan fingerprint density at radius 3 is 2.78 bits per heavy atom. The number of carbonyl (C=O) groups is 2. The number of aromatic nitrogens is 3. The molecule has 0 aliphatic carbocycles. The summed E-state index contributed by atoms with van der Waals surface area (Å²) >= 11 is 0. The van der Waals surface area contributed by atoms with Crippen molar-refractivity contribution in [3.8, 4) is 0 Å². The number of ether oxygens (including phenoxy) is 1. The molecule has 2 aromatic rings. The maximum atomic E-state index is 13.1. The molecule has 2 aromatic heterocycles. The van der Waals surface area contributed by atoms with Gasteiger partial charge in [-0.15, -0.1) is 0 Å². The van der Waals surface area contributed by atoms with E-state index in [1.54, 1.807) is 37.5 Å². The molecule has 5 N–H and O–H groups in total. The zero-order valence-electron chi connectivity index (χ0n) is 21.3. The van der Waals surface area contributed by atoms with Crippen LogP contribution in [0.2, 0.25) is 0 Å². The Balaban J connectivity index is 1.62. The van der Waals surface area contributed by atoms with Crippen molar-refractivity contribution in [2.24, 2.45) is 0 Å². The number of likely N-dealkylation sites (tertiary alicyclic amines) is 1. The summed E-state index contributed by atoms with van der Waals surface area (Å²) in [7, 11) is 1.93. The minimum Gasteiger partial charge on any atom is -0.444 e. The van der Waals surface area contributed by atoms with Gasteiger partial charge in [0.05, 0.1) is 11.9 Å². The van der Waals surface area contributed by atoms with E-state index in [2.05, 4.69) is 15.8 Å². The number of carbonyl (C=O) groups excluding carboxylic acids is 2. The summed E-state index contributed by atoms with van der Waals surface area (Å²) in [6.07, 6.45) is 4.76. The van der Waals surface area contributed by atoms with E-state index >= 15 is 0 Å². The molecule has 2 atom stereocenters. The first-order valence-corrected chi connectivity index (χ1v) is 12.3. The lowest BCUT2D eigenvalue weighted by atomic mass is 9.89. The van der Waals surface area contributed by atoms with E-state index in [9.17, 15) is 9.59 Å². The molecule has 4 rings (SSSR count). The van der Waals surface area contributed by atoms with Crippen molar-refractivity contribution in [1.82, 2.24) is 35.2 Å². The van der Waals surface area contributed by atoms with Crippen LogP contribution in [0.3, 0.4) is 0 Å². The molecule has 0 saturated carbocycles. The number of nitrogens with zero attached hydrogens (tertiary/aromatic N) is 5. The van der Waals surface area contributed by atoms with E-state index in [0.717, 1.165) is 16.8 Å². The summed E-state index contributed by atoms with van der Waals surface area (Å²) in [6.45, 7) is 6.64. The highest BCUT2D eigenvalue weighted by molar-refractivity contribution is 5.86. The van der Waals surface area contributed by atoms with Crippen molar-refractivity contribution in [1.29, 1.82) is 0 Å². The Hall–Kier alpha value is -3.38. The topological polar surface area (TPSA) is 150 Å². The lowest BCUT2D eigenvalue weighted by Crippen LogP contribution is -2.54. The summed E-state index contributed by atoms with van der Waals surface area (Å²) in [4.78, 5) is 32.4. The number of fused-ring (bicyclic) bond motifs is 1. The highest BCUT2D eigenvalue weighted by atomic mass is 16.6. The van der Waals surface area contributed by atoms with Gasteiger partial charge in [0, 0.05) is 57.0 Å². The predicted octanol–water partition coefficient (Wildman–Crippen LogP) is 1.08. The number of anilines is 1. The first kappa shape index (κ1) is 25.7. The monoisotopic (exact) mass is 500 g/mol. The summed E-state index contributed by atoms with van der Waals surface area (Å²) in [5.74, 6) is 0.0693. The van der Waals surface area contributed by atoms with Crippen LogP contribution in [0.4, 0.5) is 10.6 Å². The fourth-order valence-electron chi connectivity index (χ4n) is 4.56. The van der Waals surface area contributed by atoms with Gasteiger partial charge in [0.25, 0.3) is 0 Å². The zero-order chi connectivity index (χ0) is 26.0. The Bertz CT molecular complexity index is 1150. The van der Waals surface area contributed by atoms with Crippen LogP contribution >= 0.6 is 0 Å². The number of aliphatic hydroxyl groups is 1. The number of amides is 2. The minimum absolute atomic E-state index is 0.0157. The lowest BCUT2D eigenvalue weighted by molar-refractivity contribution is -0.127. The van der Waals surface area contributed by atoms with Crippen molar-refractivity contribution in [3.63, 3.8) is 0 Å². The fourth-order valence-corrected chi connectivity index (χ4v) is 4.56. The van der Waals surface area contributed by atoms with Gasteiger partial charge in [-0.1, -0.05) is 0 Å². The molecular formula is C24H36N8O4. The van der Waals surface area contributed by atoms with E-state index in [0.29, 0.717) is 43.8 Å². The van der Waals surface area contributed by atoms with Crippen LogP contribution in [0.1, 0.15) is 57.2 Å². The van der Waals surface area contributed by atoms with E-state index in [-0.39, 0.29) is 25.0 Å². The van der Waals surface area contributed by atoms with E-state index in [1.165, 1.54) is 4.90 Å². The molecule has 12 heteroatoms. The third-order valence-electron chi connectivity index (χ3n) is 6.30. The Morgan fingerprint density at radius 1 is 1.33 bits per heavy atom. The zero-order valence-corrected chi connectivity index (χ0v) is 21.3. The number of aliphatic hydroxyl groups excluding tert-OH is 1. The average Bonchev–Trinajstić information content (AvgIpc) is 3.44. The van der Waals surface area contributed by atoms with E-state index in [1.807, 2.05) is 18.3 Å². The maximum absolute atomic E-state index is 13.1. The summed E-state index contributed by atoms with van der Waals surface area (Å²) in [6, 6.07) is 1.13. The van der Waals surface area contributed by atoms with E-state index < -0.39 is 17.7 Å².